The number of rotatable bonds is 5. The van der Waals surface area contributed by atoms with E-state index in [9.17, 15) is 9.59 Å². The average molecular weight is 289 g/mol. The monoisotopic (exact) mass is 289 g/mol. The molecular weight excluding hydrogens is 262 g/mol. The molecule has 118 valence electrons. The molecule has 0 saturated heterocycles. The molecule has 6 heteroatoms. The van der Waals surface area contributed by atoms with Crippen molar-refractivity contribution in [3.8, 4) is 0 Å². The Morgan fingerprint density at radius 1 is 1.00 bits per heavy atom. The molecule has 0 saturated carbocycles. The summed E-state index contributed by atoms with van der Waals surface area (Å²) in [6.45, 7) is 12.6. The molecule has 0 aliphatic rings. The number of hydrogen-bond acceptors (Lipinski definition) is 5. The minimum absolute atomic E-state index is 0.141. The van der Waals surface area contributed by atoms with Crippen molar-refractivity contribution in [3.63, 3.8) is 0 Å². The van der Waals surface area contributed by atoms with Crippen molar-refractivity contribution in [2.24, 2.45) is 0 Å². The number of esters is 1. The molecule has 0 radical (unpaired) electrons. The topological polar surface area (TPSA) is 73.9 Å². The van der Waals surface area contributed by atoms with E-state index in [0.717, 1.165) is 0 Å². The zero-order valence-corrected chi connectivity index (χ0v) is 13.5. The highest BCUT2D eigenvalue weighted by Crippen LogP contribution is 2.07. The average Bonchev–Trinajstić information content (AvgIpc) is 2.10. The molecule has 20 heavy (non-hydrogen) atoms. The van der Waals surface area contributed by atoms with Gasteiger partial charge in [0.1, 0.15) is 17.8 Å². The zero-order chi connectivity index (χ0) is 16.0. The lowest BCUT2D eigenvalue weighted by molar-refractivity contribution is -0.160. The van der Waals surface area contributed by atoms with Crippen molar-refractivity contribution >= 4 is 12.1 Å². The van der Waals surface area contributed by atoms with Crippen molar-refractivity contribution in [2.75, 3.05) is 13.2 Å². The summed E-state index contributed by atoms with van der Waals surface area (Å²) in [5.41, 5.74) is -1.07. The Labute approximate surface area is 121 Å². The highest BCUT2D eigenvalue weighted by Gasteiger charge is 2.19. The van der Waals surface area contributed by atoms with Gasteiger partial charge < -0.3 is 19.5 Å². The van der Waals surface area contributed by atoms with Crippen molar-refractivity contribution in [3.05, 3.63) is 0 Å². The Bertz CT molecular complexity index is 327. The SMILES string of the molecule is CC(COCC(=O)OC(C)(C)C)NC(=O)OC(C)(C)C. The minimum atomic E-state index is -0.541. The predicted octanol–water partition coefficient (Wildman–Crippen LogP) is 2.26. The second-order valence-corrected chi connectivity index (χ2v) is 6.65. The van der Waals surface area contributed by atoms with E-state index in [0.29, 0.717) is 0 Å². The Balaban J connectivity index is 3.87. The lowest BCUT2D eigenvalue weighted by atomic mass is 10.2. The van der Waals surface area contributed by atoms with E-state index in [4.69, 9.17) is 14.2 Å². The molecule has 0 fully saturated rings. The van der Waals surface area contributed by atoms with E-state index >= 15 is 0 Å². The summed E-state index contributed by atoms with van der Waals surface area (Å²) in [5, 5.41) is 2.62. The van der Waals surface area contributed by atoms with Crippen LogP contribution >= 0.6 is 0 Å². The number of carbonyl (C=O) groups excluding carboxylic acids is 2. The van der Waals surface area contributed by atoms with E-state index in [-0.39, 0.29) is 19.3 Å². The Morgan fingerprint density at radius 3 is 1.95 bits per heavy atom. The summed E-state index contributed by atoms with van der Waals surface area (Å²) >= 11 is 0. The van der Waals surface area contributed by atoms with E-state index in [1.165, 1.54) is 0 Å². The predicted molar refractivity (Wildman–Crippen MR) is 75.5 cm³/mol. The maximum absolute atomic E-state index is 11.5. The molecule has 6 nitrogen and oxygen atoms in total. The third kappa shape index (κ3) is 11.8. The molecule has 0 rings (SSSR count). The van der Waals surface area contributed by atoms with Gasteiger partial charge in [-0.2, -0.15) is 0 Å². The number of alkyl carbamates (subject to hydrolysis) is 1. The maximum Gasteiger partial charge on any atom is 0.407 e. The molecule has 1 N–H and O–H groups in total. The van der Waals surface area contributed by atoms with Crippen LogP contribution in [0, 0.1) is 0 Å². The second kappa shape index (κ2) is 7.47. The summed E-state index contributed by atoms with van der Waals surface area (Å²) in [6.07, 6.45) is -0.508. The first kappa shape index (κ1) is 18.7. The molecule has 0 aromatic rings. The van der Waals surface area contributed by atoms with Crippen LogP contribution in [0.5, 0.6) is 0 Å². The summed E-state index contributed by atoms with van der Waals surface area (Å²) < 4.78 is 15.4. The minimum Gasteiger partial charge on any atom is -0.458 e. The van der Waals surface area contributed by atoms with Gasteiger partial charge in [-0.15, -0.1) is 0 Å². The first-order valence-corrected chi connectivity index (χ1v) is 6.68. The molecule has 0 bridgehead atoms. The lowest BCUT2D eigenvalue weighted by Gasteiger charge is -2.22. The maximum atomic E-state index is 11.5. The molecule has 0 heterocycles. The zero-order valence-electron chi connectivity index (χ0n) is 13.5. The Morgan fingerprint density at radius 2 is 1.50 bits per heavy atom. The van der Waals surface area contributed by atoms with Crippen LogP contribution in [0.4, 0.5) is 4.79 Å². The number of ether oxygens (including phenoxy) is 3. The van der Waals surface area contributed by atoms with Gasteiger partial charge in [0.05, 0.1) is 12.6 Å². The van der Waals surface area contributed by atoms with E-state index < -0.39 is 23.3 Å². The van der Waals surface area contributed by atoms with Gasteiger partial charge in [0.25, 0.3) is 0 Å². The fourth-order valence-electron chi connectivity index (χ4n) is 1.24. The normalized spacial score (nSPS) is 13.6. The van der Waals surface area contributed by atoms with Crippen LogP contribution in [0.25, 0.3) is 0 Å². The molecule has 1 amide bonds. The van der Waals surface area contributed by atoms with Crippen LogP contribution < -0.4 is 5.32 Å². The van der Waals surface area contributed by atoms with Gasteiger partial charge in [-0.3, -0.25) is 0 Å². The lowest BCUT2D eigenvalue weighted by Crippen LogP contribution is -2.40. The molecule has 1 atom stereocenters. The summed E-state index contributed by atoms with van der Waals surface area (Å²) in [6, 6.07) is -0.257. The van der Waals surface area contributed by atoms with Gasteiger partial charge in [0.15, 0.2) is 0 Å². The summed E-state index contributed by atoms with van der Waals surface area (Å²) in [7, 11) is 0. The number of carbonyl (C=O) groups is 2. The van der Waals surface area contributed by atoms with Gasteiger partial charge in [0.2, 0.25) is 0 Å². The van der Waals surface area contributed by atoms with Gasteiger partial charge in [-0.25, -0.2) is 9.59 Å². The third-order valence-electron chi connectivity index (χ3n) is 1.77. The number of amides is 1. The largest absolute Gasteiger partial charge is 0.458 e. The quantitative estimate of drug-likeness (QED) is 0.786. The first-order valence-electron chi connectivity index (χ1n) is 6.68. The van der Waals surface area contributed by atoms with Crippen LogP contribution in [0.3, 0.4) is 0 Å². The van der Waals surface area contributed by atoms with Crippen molar-refractivity contribution < 1.29 is 23.8 Å². The first-order chi connectivity index (χ1) is 8.89. The van der Waals surface area contributed by atoms with Gasteiger partial charge in [-0.1, -0.05) is 0 Å². The standard InChI is InChI=1S/C14H27NO5/c1-10(15-12(17)20-14(5,6)7)8-18-9-11(16)19-13(2,3)4/h10H,8-9H2,1-7H3,(H,15,17). The van der Waals surface area contributed by atoms with Crippen LogP contribution in [0.2, 0.25) is 0 Å². The third-order valence-corrected chi connectivity index (χ3v) is 1.77. The van der Waals surface area contributed by atoms with Crippen molar-refractivity contribution in [2.45, 2.75) is 65.7 Å². The summed E-state index contributed by atoms with van der Waals surface area (Å²) in [4.78, 5) is 22.9. The molecular formula is C14H27NO5. The smallest absolute Gasteiger partial charge is 0.407 e. The van der Waals surface area contributed by atoms with Gasteiger partial charge in [-0.05, 0) is 48.5 Å². The molecule has 0 aliphatic heterocycles. The molecule has 0 aliphatic carbocycles. The molecule has 0 aromatic carbocycles. The van der Waals surface area contributed by atoms with Gasteiger partial charge >= 0.3 is 12.1 Å². The Kier molecular flexibility index (Phi) is 6.99. The molecule has 0 aromatic heterocycles. The van der Waals surface area contributed by atoms with Crippen LogP contribution in [-0.2, 0) is 19.0 Å². The van der Waals surface area contributed by atoms with Gasteiger partial charge in [0, 0.05) is 0 Å². The fraction of sp³-hybridized carbons (Fsp3) is 0.857. The number of hydrogen-bond donors (Lipinski definition) is 1. The molecule has 1 unspecified atom stereocenters. The fourth-order valence-corrected chi connectivity index (χ4v) is 1.24. The second-order valence-electron chi connectivity index (χ2n) is 6.65. The Hall–Kier alpha value is -1.30. The van der Waals surface area contributed by atoms with Crippen LogP contribution in [0.1, 0.15) is 48.5 Å². The van der Waals surface area contributed by atoms with E-state index in [1.807, 2.05) is 0 Å². The highest BCUT2D eigenvalue weighted by molar-refractivity contribution is 5.71. The highest BCUT2D eigenvalue weighted by atomic mass is 16.6. The molecule has 0 spiro atoms. The van der Waals surface area contributed by atoms with Crippen molar-refractivity contribution in [1.82, 2.24) is 5.32 Å². The van der Waals surface area contributed by atoms with Crippen LogP contribution in [0.15, 0.2) is 0 Å². The van der Waals surface area contributed by atoms with Crippen LogP contribution in [-0.4, -0.2) is 42.5 Å². The van der Waals surface area contributed by atoms with E-state index in [2.05, 4.69) is 5.32 Å². The van der Waals surface area contributed by atoms with Crippen molar-refractivity contribution in [1.29, 1.82) is 0 Å². The summed E-state index contributed by atoms with van der Waals surface area (Å²) in [5.74, 6) is -0.429. The number of nitrogens with one attached hydrogen (secondary N) is 1. The van der Waals surface area contributed by atoms with E-state index in [1.54, 1.807) is 48.5 Å².